The molecular formula is C23H28N4O3. The molecule has 1 atom stereocenters. The van der Waals surface area contributed by atoms with Crippen molar-refractivity contribution in [3.63, 3.8) is 0 Å². The fourth-order valence-electron chi connectivity index (χ4n) is 3.63. The molecule has 1 amide bonds. The predicted octanol–water partition coefficient (Wildman–Crippen LogP) is 2.71. The molecule has 0 aliphatic heterocycles. The van der Waals surface area contributed by atoms with E-state index in [9.17, 15) is 14.4 Å². The lowest BCUT2D eigenvalue weighted by atomic mass is 9.94. The molecule has 30 heavy (non-hydrogen) atoms. The highest BCUT2D eigenvalue weighted by molar-refractivity contribution is 5.97. The SMILES string of the molecule is CCCc1ccc(C(NC(=O)c2cnc3c(c2)c(=O)n(C)c(=O)n3C)C(C)C)cc1. The van der Waals surface area contributed by atoms with E-state index in [1.165, 1.54) is 29.4 Å². The van der Waals surface area contributed by atoms with E-state index in [-0.39, 0.29) is 34.5 Å². The Balaban J connectivity index is 1.94. The van der Waals surface area contributed by atoms with Crippen molar-refractivity contribution in [3.8, 4) is 0 Å². The minimum atomic E-state index is -0.470. The number of nitrogens with one attached hydrogen (secondary N) is 1. The summed E-state index contributed by atoms with van der Waals surface area (Å²) in [4.78, 5) is 41.7. The second kappa shape index (κ2) is 8.65. The van der Waals surface area contributed by atoms with Crippen LogP contribution in [-0.2, 0) is 20.5 Å². The molecule has 3 rings (SSSR count). The van der Waals surface area contributed by atoms with Gasteiger partial charge in [0.2, 0.25) is 0 Å². The minimum absolute atomic E-state index is 0.174. The number of aromatic nitrogens is 3. The van der Waals surface area contributed by atoms with Gasteiger partial charge in [-0.1, -0.05) is 51.5 Å². The van der Waals surface area contributed by atoms with Crippen LogP contribution in [0.25, 0.3) is 11.0 Å². The van der Waals surface area contributed by atoms with Crippen molar-refractivity contribution >= 4 is 16.9 Å². The van der Waals surface area contributed by atoms with Gasteiger partial charge in [0.15, 0.2) is 0 Å². The van der Waals surface area contributed by atoms with Crippen molar-refractivity contribution in [1.82, 2.24) is 19.4 Å². The molecule has 2 heterocycles. The Labute approximate surface area is 175 Å². The molecule has 0 bridgehead atoms. The number of hydrogen-bond acceptors (Lipinski definition) is 4. The number of hydrogen-bond donors (Lipinski definition) is 1. The van der Waals surface area contributed by atoms with Gasteiger partial charge in [0.25, 0.3) is 11.5 Å². The monoisotopic (exact) mass is 408 g/mol. The molecule has 1 aromatic carbocycles. The smallest absolute Gasteiger partial charge is 0.332 e. The summed E-state index contributed by atoms with van der Waals surface area (Å²) < 4.78 is 2.31. The number of rotatable bonds is 6. The van der Waals surface area contributed by atoms with Crippen LogP contribution in [0, 0.1) is 5.92 Å². The Kier molecular flexibility index (Phi) is 6.20. The highest BCUT2D eigenvalue weighted by atomic mass is 16.2. The first-order valence-electron chi connectivity index (χ1n) is 10.2. The molecule has 3 aromatic rings. The Bertz CT molecular complexity index is 1190. The van der Waals surface area contributed by atoms with Gasteiger partial charge in [-0.3, -0.25) is 18.7 Å². The largest absolute Gasteiger partial charge is 0.345 e. The number of aryl methyl sites for hydroxylation is 2. The van der Waals surface area contributed by atoms with Crippen LogP contribution < -0.4 is 16.6 Å². The molecule has 0 saturated heterocycles. The molecule has 1 N–H and O–H groups in total. The van der Waals surface area contributed by atoms with Gasteiger partial charge < -0.3 is 5.32 Å². The fourth-order valence-corrected chi connectivity index (χ4v) is 3.63. The van der Waals surface area contributed by atoms with E-state index in [2.05, 4.69) is 55.3 Å². The lowest BCUT2D eigenvalue weighted by Crippen LogP contribution is -2.37. The second-order valence-electron chi connectivity index (χ2n) is 7.99. The number of benzene rings is 1. The molecule has 2 aromatic heterocycles. The summed E-state index contributed by atoms with van der Waals surface area (Å²) in [7, 11) is 2.96. The van der Waals surface area contributed by atoms with Crippen LogP contribution >= 0.6 is 0 Å². The van der Waals surface area contributed by atoms with E-state index in [1.54, 1.807) is 7.05 Å². The quantitative estimate of drug-likeness (QED) is 0.680. The molecule has 0 radical (unpaired) electrons. The highest BCUT2D eigenvalue weighted by Gasteiger charge is 2.20. The third-order valence-electron chi connectivity index (χ3n) is 5.39. The first-order chi connectivity index (χ1) is 14.2. The molecule has 1 unspecified atom stereocenters. The average molecular weight is 409 g/mol. The van der Waals surface area contributed by atoms with E-state index < -0.39 is 11.2 Å². The summed E-state index contributed by atoms with van der Waals surface area (Å²) in [6, 6.07) is 9.64. The van der Waals surface area contributed by atoms with Crippen LogP contribution in [0.3, 0.4) is 0 Å². The molecule has 7 heteroatoms. The third-order valence-corrected chi connectivity index (χ3v) is 5.39. The molecule has 7 nitrogen and oxygen atoms in total. The summed E-state index contributed by atoms with van der Waals surface area (Å²) in [6.45, 7) is 6.25. The molecule has 0 spiro atoms. The first-order valence-corrected chi connectivity index (χ1v) is 10.2. The zero-order valence-corrected chi connectivity index (χ0v) is 18.1. The van der Waals surface area contributed by atoms with Crippen LogP contribution in [0.1, 0.15) is 54.7 Å². The van der Waals surface area contributed by atoms with Gasteiger partial charge in [0.05, 0.1) is 17.0 Å². The summed E-state index contributed by atoms with van der Waals surface area (Å²) in [5, 5.41) is 3.30. The summed E-state index contributed by atoms with van der Waals surface area (Å²) in [6.07, 6.45) is 3.52. The maximum absolute atomic E-state index is 13.0. The van der Waals surface area contributed by atoms with Crippen molar-refractivity contribution in [2.24, 2.45) is 20.0 Å². The molecule has 0 fully saturated rings. The van der Waals surface area contributed by atoms with E-state index in [0.29, 0.717) is 0 Å². The maximum atomic E-state index is 13.0. The minimum Gasteiger partial charge on any atom is -0.345 e. The normalized spacial score (nSPS) is 12.3. The fraction of sp³-hybridized carbons (Fsp3) is 0.391. The molecule has 0 saturated carbocycles. The van der Waals surface area contributed by atoms with Gasteiger partial charge >= 0.3 is 5.69 Å². The molecule has 0 aliphatic carbocycles. The van der Waals surface area contributed by atoms with Crippen LogP contribution in [0.15, 0.2) is 46.1 Å². The van der Waals surface area contributed by atoms with Crippen LogP contribution in [0.4, 0.5) is 0 Å². The van der Waals surface area contributed by atoms with Crippen molar-refractivity contribution < 1.29 is 4.79 Å². The number of carbonyl (C=O) groups is 1. The van der Waals surface area contributed by atoms with Gasteiger partial charge in [-0.05, 0) is 29.5 Å². The summed E-state index contributed by atoms with van der Waals surface area (Å²) >= 11 is 0. The number of nitrogens with zero attached hydrogens (tertiary/aromatic N) is 3. The van der Waals surface area contributed by atoms with Crippen molar-refractivity contribution in [2.45, 2.75) is 39.7 Å². The predicted molar refractivity (Wildman–Crippen MR) is 118 cm³/mol. The van der Waals surface area contributed by atoms with E-state index in [4.69, 9.17) is 0 Å². The van der Waals surface area contributed by atoms with Crippen molar-refractivity contribution in [2.75, 3.05) is 0 Å². The number of pyridine rings is 1. The number of fused-ring (bicyclic) bond motifs is 1. The first kappa shape index (κ1) is 21.5. The van der Waals surface area contributed by atoms with Crippen LogP contribution in [0.2, 0.25) is 0 Å². The second-order valence-corrected chi connectivity index (χ2v) is 7.99. The van der Waals surface area contributed by atoms with E-state index >= 15 is 0 Å². The molecular weight excluding hydrogens is 380 g/mol. The Morgan fingerprint density at radius 2 is 1.77 bits per heavy atom. The third kappa shape index (κ3) is 4.06. The van der Waals surface area contributed by atoms with Gasteiger partial charge in [0, 0.05) is 20.3 Å². The Morgan fingerprint density at radius 1 is 1.10 bits per heavy atom. The van der Waals surface area contributed by atoms with Crippen LogP contribution in [-0.4, -0.2) is 20.0 Å². The summed E-state index contributed by atoms with van der Waals surface area (Å²) in [5.74, 6) is -0.135. The number of amides is 1. The van der Waals surface area contributed by atoms with Crippen molar-refractivity contribution in [3.05, 3.63) is 74.1 Å². The zero-order valence-electron chi connectivity index (χ0n) is 18.1. The average Bonchev–Trinajstić information content (AvgIpc) is 2.74. The summed E-state index contributed by atoms with van der Waals surface area (Å²) in [5.41, 5.74) is 1.92. The Morgan fingerprint density at radius 3 is 2.37 bits per heavy atom. The zero-order chi connectivity index (χ0) is 22.0. The van der Waals surface area contributed by atoms with Crippen LogP contribution in [0.5, 0.6) is 0 Å². The standard InChI is InChI=1S/C23H28N4O3/c1-6-7-15-8-10-16(11-9-15)19(14(2)3)25-21(28)17-12-18-20(24-13-17)26(4)23(30)27(5)22(18)29/h8-14,19H,6-7H2,1-5H3,(H,25,28). The molecule has 158 valence electrons. The highest BCUT2D eigenvalue weighted by Crippen LogP contribution is 2.23. The number of carbonyl (C=O) groups excluding carboxylic acids is 1. The van der Waals surface area contributed by atoms with Gasteiger partial charge in [0.1, 0.15) is 5.65 Å². The topological polar surface area (TPSA) is 86.0 Å². The maximum Gasteiger partial charge on any atom is 0.332 e. The van der Waals surface area contributed by atoms with Gasteiger partial charge in [-0.25, -0.2) is 9.78 Å². The van der Waals surface area contributed by atoms with E-state index in [0.717, 1.165) is 23.0 Å². The van der Waals surface area contributed by atoms with Gasteiger partial charge in [-0.2, -0.15) is 0 Å². The van der Waals surface area contributed by atoms with E-state index in [1.807, 2.05) is 0 Å². The Hall–Kier alpha value is -3.22. The van der Waals surface area contributed by atoms with Gasteiger partial charge in [-0.15, -0.1) is 0 Å². The lowest BCUT2D eigenvalue weighted by Gasteiger charge is -2.23. The lowest BCUT2D eigenvalue weighted by molar-refractivity contribution is 0.0925. The molecule has 0 aliphatic rings. The van der Waals surface area contributed by atoms with Crippen molar-refractivity contribution in [1.29, 1.82) is 0 Å².